The SMILES string of the molecule is O=C(CCCOc1ccccc1)N[C@@H]1c2ccccc2C2(CCNCC2)[C@H]1O. The molecule has 3 N–H and O–H groups in total. The minimum Gasteiger partial charge on any atom is -0.494 e. The monoisotopic (exact) mass is 380 g/mol. The number of para-hydroxylation sites is 1. The van der Waals surface area contributed by atoms with Gasteiger partial charge in [-0.1, -0.05) is 42.5 Å². The summed E-state index contributed by atoms with van der Waals surface area (Å²) in [5.41, 5.74) is 2.00. The lowest BCUT2D eigenvalue weighted by molar-refractivity contribution is -0.123. The van der Waals surface area contributed by atoms with Crippen LogP contribution in [0.5, 0.6) is 5.75 Å². The summed E-state index contributed by atoms with van der Waals surface area (Å²) in [4.78, 5) is 12.5. The fraction of sp³-hybridized carbons (Fsp3) is 0.435. The van der Waals surface area contributed by atoms with Gasteiger partial charge in [0.15, 0.2) is 0 Å². The van der Waals surface area contributed by atoms with Gasteiger partial charge in [-0.25, -0.2) is 0 Å². The first-order chi connectivity index (χ1) is 13.7. The zero-order chi connectivity index (χ0) is 19.4. The number of amides is 1. The number of ether oxygens (including phenoxy) is 1. The van der Waals surface area contributed by atoms with Crippen LogP contribution in [0.25, 0.3) is 0 Å². The van der Waals surface area contributed by atoms with Crippen LogP contribution in [0.15, 0.2) is 54.6 Å². The largest absolute Gasteiger partial charge is 0.494 e. The molecule has 0 bridgehead atoms. The molecule has 5 heteroatoms. The van der Waals surface area contributed by atoms with Crippen molar-refractivity contribution in [3.63, 3.8) is 0 Å². The average molecular weight is 380 g/mol. The van der Waals surface area contributed by atoms with Gasteiger partial charge in [-0.2, -0.15) is 0 Å². The second kappa shape index (κ2) is 8.33. The van der Waals surface area contributed by atoms with Crippen molar-refractivity contribution in [2.45, 2.75) is 43.2 Å². The van der Waals surface area contributed by atoms with Gasteiger partial charge < -0.3 is 20.5 Å². The minimum absolute atomic E-state index is 0.0403. The zero-order valence-electron chi connectivity index (χ0n) is 16.1. The van der Waals surface area contributed by atoms with Crippen molar-refractivity contribution in [2.75, 3.05) is 19.7 Å². The van der Waals surface area contributed by atoms with E-state index < -0.39 is 6.10 Å². The maximum absolute atomic E-state index is 12.5. The standard InChI is InChI=1S/C23H28N2O3/c26-20(11-6-16-28-17-7-2-1-3-8-17)25-21-18-9-4-5-10-19(18)23(22(21)27)12-14-24-15-13-23/h1-5,7-10,21-22,24,27H,6,11-16H2,(H,25,26)/t21-,22+/m1/s1. The first-order valence-electron chi connectivity index (χ1n) is 10.2. The lowest BCUT2D eigenvalue weighted by Gasteiger charge is -2.38. The van der Waals surface area contributed by atoms with Gasteiger partial charge in [0.05, 0.1) is 18.8 Å². The third kappa shape index (κ3) is 3.64. The van der Waals surface area contributed by atoms with Crippen molar-refractivity contribution in [2.24, 2.45) is 0 Å². The molecular weight excluding hydrogens is 352 g/mol. The number of aliphatic hydroxyl groups is 1. The van der Waals surface area contributed by atoms with E-state index in [0.717, 1.165) is 37.2 Å². The lowest BCUT2D eigenvalue weighted by atomic mass is 9.72. The summed E-state index contributed by atoms with van der Waals surface area (Å²) in [5, 5.41) is 17.7. The van der Waals surface area contributed by atoms with Gasteiger partial charge in [0.25, 0.3) is 0 Å². The highest BCUT2D eigenvalue weighted by molar-refractivity contribution is 5.77. The summed E-state index contributed by atoms with van der Waals surface area (Å²) in [5.74, 6) is 0.775. The molecule has 2 aromatic carbocycles. The average Bonchev–Trinajstić information content (AvgIpc) is 2.96. The molecule has 1 heterocycles. The number of carbonyl (C=O) groups is 1. The van der Waals surface area contributed by atoms with Gasteiger partial charge in [-0.15, -0.1) is 0 Å². The topological polar surface area (TPSA) is 70.6 Å². The van der Waals surface area contributed by atoms with Crippen LogP contribution in [0.3, 0.4) is 0 Å². The van der Waals surface area contributed by atoms with Crippen LogP contribution in [0.4, 0.5) is 0 Å². The fourth-order valence-electron chi connectivity index (χ4n) is 4.65. The predicted molar refractivity (Wildman–Crippen MR) is 108 cm³/mol. The highest BCUT2D eigenvalue weighted by Gasteiger charge is 2.51. The number of carbonyl (C=O) groups excluding carboxylic acids is 1. The molecule has 0 unspecified atom stereocenters. The summed E-state index contributed by atoms with van der Waals surface area (Å²) >= 11 is 0. The molecule has 0 radical (unpaired) electrons. The Balaban J connectivity index is 1.37. The first-order valence-corrected chi connectivity index (χ1v) is 10.2. The molecule has 2 aliphatic rings. The van der Waals surface area contributed by atoms with E-state index in [4.69, 9.17) is 4.74 Å². The van der Waals surface area contributed by atoms with E-state index >= 15 is 0 Å². The maximum atomic E-state index is 12.5. The number of hydrogen-bond donors (Lipinski definition) is 3. The van der Waals surface area contributed by atoms with Gasteiger partial charge in [0, 0.05) is 11.8 Å². The van der Waals surface area contributed by atoms with Crippen LogP contribution in [0.2, 0.25) is 0 Å². The molecular formula is C23H28N2O3. The summed E-state index contributed by atoms with van der Waals surface area (Å²) < 4.78 is 5.66. The van der Waals surface area contributed by atoms with Crippen molar-refractivity contribution < 1.29 is 14.6 Å². The van der Waals surface area contributed by atoms with Crippen LogP contribution in [-0.4, -0.2) is 36.8 Å². The van der Waals surface area contributed by atoms with Crippen LogP contribution in [0.1, 0.15) is 42.9 Å². The summed E-state index contributed by atoms with van der Waals surface area (Å²) in [6.45, 7) is 2.28. The Morgan fingerprint density at radius 2 is 1.82 bits per heavy atom. The van der Waals surface area contributed by atoms with Crippen molar-refractivity contribution in [1.29, 1.82) is 0 Å². The number of fused-ring (bicyclic) bond motifs is 2. The van der Waals surface area contributed by atoms with E-state index in [-0.39, 0.29) is 17.4 Å². The molecule has 1 fully saturated rings. The molecule has 4 rings (SSSR count). The maximum Gasteiger partial charge on any atom is 0.220 e. The van der Waals surface area contributed by atoms with E-state index in [1.165, 1.54) is 5.56 Å². The summed E-state index contributed by atoms with van der Waals surface area (Å²) in [7, 11) is 0. The Kier molecular flexibility index (Phi) is 5.64. The van der Waals surface area contributed by atoms with E-state index in [1.807, 2.05) is 48.5 Å². The van der Waals surface area contributed by atoms with Crippen LogP contribution < -0.4 is 15.4 Å². The fourth-order valence-corrected chi connectivity index (χ4v) is 4.65. The normalized spacial score (nSPS) is 22.6. The third-order valence-corrected chi connectivity index (χ3v) is 6.09. The Hall–Kier alpha value is -2.37. The van der Waals surface area contributed by atoms with Crippen LogP contribution in [-0.2, 0) is 10.2 Å². The van der Waals surface area contributed by atoms with Crippen molar-refractivity contribution in [1.82, 2.24) is 10.6 Å². The lowest BCUT2D eigenvalue weighted by Crippen LogP contribution is -2.48. The van der Waals surface area contributed by atoms with E-state index in [9.17, 15) is 9.90 Å². The molecule has 1 spiro atoms. The predicted octanol–water partition coefficient (Wildman–Crippen LogP) is 2.70. The number of hydrogen-bond acceptors (Lipinski definition) is 4. The third-order valence-electron chi connectivity index (χ3n) is 6.09. The van der Waals surface area contributed by atoms with Gasteiger partial charge in [-0.3, -0.25) is 4.79 Å². The number of rotatable bonds is 6. The Bertz CT molecular complexity index is 803. The van der Waals surface area contributed by atoms with Gasteiger partial charge in [0.1, 0.15) is 5.75 Å². The van der Waals surface area contributed by atoms with Crippen LogP contribution >= 0.6 is 0 Å². The second-order valence-electron chi connectivity index (χ2n) is 7.75. The smallest absolute Gasteiger partial charge is 0.220 e. The van der Waals surface area contributed by atoms with Gasteiger partial charge in [0.2, 0.25) is 5.91 Å². The molecule has 5 nitrogen and oxygen atoms in total. The number of benzene rings is 2. The van der Waals surface area contributed by atoms with Crippen molar-refractivity contribution in [3.8, 4) is 5.75 Å². The number of nitrogens with one attached hydrogen (secondary N) is 2. The number of piperidine rings is 1. The molecule has 1 saturated heterocycles. The van der Waals surface area contributed by atoms with E-state index in [2.05, 4.69) is 16.7 Å². The van der Waals surface area contributed by atoms with E-state index in [1.54, 1.807) is 0 Å². The Morgan fingerprint density at radius 3 is 2.61 bits per heavy atom. The molecule has 148 valence electrons. The molecule has 1 aliphatic carbocycles. The van der Waals surface area contributed by atoms with Gasteiger partial charge in [-0.05, 0) is 55.6 Å². The molecule has 2 aromatic rings. The quantitative estimate of drug-likeness (QED) is 0.674. The Labute approximate surface area is 166 Å². The molecule has 1 aliphatic heterocycles. The molecule has 1 amide bonds. The first kappa shape index (κ1) is 19.0. The van der Waals surface area contributed by atoms with E-state index in [0.29, 0.717) is 19.4 Å². The molecule has 0 aromatic heterocycles. The Morgan fingerprint density at radius 1 is 1.11 bits per heavy atom. The van der Waals surface area contributed by atoms with Crippen molar-refractivity contribution in [3.05, 3.63) is 65.7 Å². The minimum atomic E-state index is -0.587. The zero-order valence-corrected chi connectivity index (χ0v) is 16.1. The molecule has 28 heavy (non-hydrogen) atoms. The summed E-state index contributed by atoms with van der Waals surface area (Å²) in [6.07, 6.45) is 2.22. The number of aliphatic hydroxyl groups excluding tert-OH is 1. The van der Waals surface area contributed by atoms with Crippen molar-refractivity contribution >= 4 is 5.91 Å². The summed E-state index contributed by atoms with van der Waals surface area (Å²) in [6, 6.07) is 17.4. The molecule has 0 saturated carbocycles. The highest BCUT2D eigenvalue weighted by atomic mass is 16.5. The van der Waals surface area contributed by atoms with Crippen LogP contribution in [0, 0.1) is 0 Å². The highest BCUT2D eigenvalue weighted by Crippen LogP contribution is 2.49. The van der Waals surface area contributed by atoms with Gasteiger partial charge >= 0.3 is 0 Å². The second-order valence-corrected chi connectivity index (χ2v) is 7.75. The molecule has 2 atom stereocenters.